The molecule has 1 unspecified atom stereocenters. The highest BCUT2D eigenvalue weighted by atomic mass is 32.2. The average Bonchev–Trinajstić information content (AvgIpc) is 2.76. The first-order valence-corrected chi connectivity index (χ1v) is 12.2. The monoisotopic (exact) mass is 448 g/mol. The molecule has 1 aliphatic rings. The van der Waals surface area contributed by atoms with Gasteiger partial charge in [-0.1, -0.05) is 0 Å². The molecule has 0 spiro atoms. The van der Waals surface area contributed by atoms with Gasteiger partial charge in [-0.3, -0.25) is 13.9 Å². The third kappa shape index (κ3) is 4.72. The van der Waals surface area contributed by atoms with Crippen molar-refractivity contribution < 1.29 is 8.95 Å². The van der Waals surface area contributed by atoms with Crippen molar-refractivity contribution in [3.63, 3.8) is 0 Å². The maximum Gasteiger partial charge on any atom is 0.331 e. The second kappa shape index (κ2) is 9.32. The summed E-state index contributed by atoms with van der Waals surface area (Å²) in [7, 11) is 2.63. The molecule has 1 aliphatic heterocycles. The molecular weight excluding hydrogens is 416 g/mol. The Bertz CT molecular complexity index is 1140. The van der Waals surface area contributed by atoms with Crippen molar-refractivity contribution in [2.24, 2.45) is 7.05 Å². The summed E-state index contributed by atoms with van der Waals surface area (Å²) >= 11 is 0. The van der Waals surface area contributed by atoms with Gasteiger partial charge in [-0.2, -0.15) is 0 Å². The highest BCUT2D eigenvalue weighted by Crippen LogP contribution is 2.20. The third-order valence-electron chi connectivity index (χ3n) is 5.85. The Morgan fingerprint density at radius 1 is 1.10 bits per heavy atom. The fraction of sp³-hybridized carbons (Fsp3) is 0.500. The van der Waals surface area contributed by atoms with E-state index in [1.54, 1.807) is 49.7 Å². The van der Waals surface area contributed by atoms with Crippen LogP contribution in [0, 0.1) is 6.92 Å². The van der Waals surface area contributed by atoms with E-state index in [0.717, 1.165) is 25.9 Å². The predicted octanol–water partition coefficient (Wildman–Crippen LogP) is 1.48. The Balaban J connectivity index is 1.77. The highest BCUT2D eigenvalue weighted by molar-refractivity contribution is 7.98. The van der Waals surface area contributed by atoms with Gasteiger partial charge in [-0.05, 0) is 70.4 Å². The summed E-state index contributed by atoms with van der Waals surface area (Å²) < 4.78 is 22.7. The summed E-state index contributed by atoms with van der Waals surface area (Å²) in [5, 5.41) is 0. The van der Waals surface area contributed by atoms with Crippen LogP contribution < -0.4 is 20.9 Å². The molecule has 1 atom stereocenters. The van der Waals surface area contributed by atoms with Gasteiger partial charge < -0.3 is 9.64 Å². The minimum Gasteiger partial charge on any atom is -0.492 e. The molecule has 0 aliphatic carbocycles. The van der Waals surface area contributed by atoms with Gasteiger partial charge in [0.25, 0.3) is 5.56 Å². The fourth-order valence-electron chi connectivity index (χ4n) is 3.75. The van der Waals surface area contributed by atoms with Gasteiger partial charge in [0.05, 0.1) is 16.3 Å². The Labute approximate surface area is 183 Å². The molecule has 31 heavy (non-hydrogen) atoms. The number of aromatic nitrogens is 2. The molecule has 0 bridgehead atoms. The van der Waals surface area contributed by atoms with E-state index < -0.39 is 9.71 Å². The molecule has 2 heterocycles. The zero-order valence-electron chi connectivity index (χ0n) is 18.8. The number of anilines is 1. The highest BCUT2D eigenvalue weighted by Gasteiger charge is 2.21. The molecule has 1 aromatic heterocycles. The first kappa shape index (κ1) is 23.1. The van der Waals surface area contributed by atoms with Crippen LogP contribution in [0.2, 0.25) is 0 Å². The van der Waals surface area contributed by atoms with Crippen LogP contribution in [0.5, 0.6) is 5.75 Å². The molecule has 0 saturated carbocycles. The summed E-state index contributed by atoms with van der Waals surface area (Å²) in [5.41, 5.74) is 0.705. The molecule has 9 heteroatoms. The molecule has 0 radical (unpaired) electrons. The lowest BCUT2D eigenvalue weighted by atomic mass is 10.1. The van der Waals surface area contributed by atoms with Crippen LogP contribution in [0.25, 0.3) is 0 Å². The number of hydrogen-bond donors (Lipinski definition) is 0. The van der Waals surface area contributed by atoms with Crippen molar-refractivity contribution >= 4 is 21.3 Å². The summed E-state index contributed by atoms with van der Waals surface area (Å²) in [6.45, 7) is 3.81. The van der Waals surface area contributed by atoms with Gasteiger partial charge in [0.15, 0.2) is 0 Å². The lowest BCUT2D eigenvalue weighted by Crippen LogP contribution is -2.46. The Morgan fingerprint density at radius 3 is 2.29 bits per heavy atom. The van der Waals surface area contributed by atoms with Crippen LogP contribution >= 0.6 is 0 Å². The van der Waals surface area contributed by atoms with Gasteiger partial charge in [-0.15, -0.1) is 0 Å². The van der Waals surface area contributed by atoms with Crippen molar-refractivity contribution in [1.82, 2.24) is 13.4 Å². The second-order valence-electron chi connectivity index (χ2n) is 8.05. The van der Waals surface area contributed by atoms with Crippen molar-refractivity contribution in [2.75, 3.05) is 38.7 Å². The molecule has 170 valence electrons. The zero-order valence-corrected chi connectivity index (χ0v) is 19.6. The Morgan fingerprint density at radius 2 is 1.71 bits per heavy atom. The van der Waals surface area contributed by atoms with Gasteiger partial charge in [0.2, 0.25) is 0 Å². The quantitative estimate of drug-likeness (QED) is 0.600. The lowest BCUT2D eigenvalue weighted by molar-refractivity contribution is 0.291. The molecular formula is C22H32N4O4S. The number of hydrogen-bond acceptors (Lipinski definition) is 5. The molecule has 1 saturated heterocycles. The van der Waals surface area contributed by atoms with Gasteiger partial charge in [0, 0.05) is 30.7 Å². The van der Waals surface area contributed by atoms with Crippen molar-refractivity contribution in [3.8, 4) is 5.75 Å². The summed E-state index contributed by atoms with van der Waals surface area (Å²) in [6.07, 6.45) is 3.27. The van der Waals surface area contributed by atoms with E-state index in [4.69, 9.17) is 4.74 Å². The largest absolute Gasteiger partial charge is 0.492 e. The molecule has 1 fully saturated rings. The molecule has 0 N–H and O–H groups in total. The van der Waals surface area contributed by atoms with E-state index >= 15 is 0 Å². The molecule has 3 rings (SSSR count). The SMILES string of the molecule is C=S(=O)(c1ccc(OCCn2c(=O)c(N3CCCCC3)c(C)n(C)c2=O)cc1)N(C)C. The second-order valence-corrected chi connectivity index (χ2v) is 10.5. The maximum atomic E-state index is 13.1. The summed E-state index contributed by atoms with van der Waals surface area (Å²) in [6, 6.07) is 6.88. The topological polar surface area (TPSA) is 76.8 Å². The minimum atomic E-state index is -2.51. The normalized spacial score (nSPS) is 16.4. The number of benzene rings is 1. The van der Waals surface area contributed by atoms with Crippen molar-refractivity contribution in [2.45, 2.75) is 37.6 Å². The van der Waals surface area contributed by atoms with Crippen LogP contribution in [-0.2, 0) is 23.3 Å². The zero-order chi connectivity index (χ0) is 22.8. The number of piperidine rings is 1. The van der Waals surface area contributed by atoms with Crippen LogP contribution in [0.15, 0.2) is 38.8 Å². The van der Waals surface area contributed by atoms with Crippen molar-refractivity contribution in [1.29, 1.82) is 0 Å². The van der Waals surface area contributed by atoms with Crippen LogP contribution in [0.3, 0.4) is 0 Å². The molecule has 0 amide bonds. The van der Waals surface area contributed by atoms with Gasteiger partial charge in [0.1, 0.15) is 18.0 Å². The van der Waals surface area contributed by atoms with E-state index in [1.807, 2.05) is 6.92 Å². The van der Waals surface area contributed by atoms with E-state index in [1.165, 1.54) is 15.6 Å². The number of rotatable bonds is 7. The molecule has 1 aromatic carbocycles. The van der Waals surface area contributed by atoms with E-state index in [0.29, 0.717) is 22.0 Å². The number of nitrogens with zero attached hydrogens (tertiary/aromatic N) is 4. The van der Waals surface area contributed by atoms with Gasteiger partial charge >= 0.3 is 5.69 Å². The minimum absolute atomic E-state index is 0.151. The van der Waals surface area contributed by atoms with Gasteiger partial charge in [-0.25, -0.2) is 13.3 Å². The van der Waals surface area contributed by atoms with E-state index in [-0.39, 0.29) is 24.4 Å². The van der Waals surface area contributed by atoms with Crippen LogP contribution in [0.4, 0.5) is 5.69 Å². The smallest absolute Gasteiger partial charge is 0.331 e. The standard InChI is InChI=1S/C22H32N4O4S/c1-17-20(25-13-7-6-8-14-25)21(27)26(22(28)24(17)4)15-16-30-18-9-11-19(12-10-18)31(5,29)23(2)3/h9-12H,5-8,13-16H2,1-4H3. The van der Waals surface area contributed by atoms with E-state index in [9.17, 15) is 13.8 Å². The maximum absolute atomic E-state index is 13.1. The van der Waals surface area contributed by atoms with Crippen LogP contribution in [-0.4, -0.2) is 57.3 Å². The Kier molecular flexibility index (Phi) is 6.96. The lowest BCUT2D eigenvalue weighted by Gasteiger charge is -2.30. The third-order valence-corrected chi connectivity index (χ3v) is 8.04. The fourth-order valence-corrected chi connectivity index (χ4v) is 4.73. The number of ether oxygens (including phenoxy) is 1. The first-order valence-electron chi connectivity index (χ1n) is 10.5. The molecule has 2 aromatic rings. The summed E-state index contributed by atoms with van der Waals surface area (Å²) in [5.74, 6) is 4.36. The predicted molar refractivity (Wildman–Crippen MR) is 126 cm³/mol. The first-order chi connectivity index (χ1) is 14.6. The summed E-state index contributed by atoms with van der Waals surface area (Å²) in [4.78, 5) is 28.6. The van der Waals surface area contributed by atoms with E-state index in [2.05, 4.69) is 10.8 Å². The van der Waals surface area contributed by atoms with Crippen molar-refractivity contribution in [3.05, 3.63) is 50.8 Å². The van der Waals surface area contributed by atoms with Crippen LogP contribution in [0.1, 0.15) is 25.0 Å². The molecule has 8 nitrogen and oxygen atoms in total. The Hall–Kier alpha value is -2.52. The average molecular weight is 449 g/mol.